The summed E-state index contributed by atoms with van der Waals surface area (Å²) < 4.78 is 28.5. The highest BCUT2D eigenvalue weighted by Crippen LogP contribution is 2.37. The first-order valence-corrected chi connectivity index (χ1v) is 14.7. The molecule has 0 atom stereocenters. The number of carbonyl (C=O) groups is 1. The second-order valence-electron chi connectivity index (χ2n) is 8.39. The van der Waals surface area contributed by atoms with Gasteiger partial charge in [0.05, 0.1) is 27.5 Å². The van der Waals surface area contributed by atoms with E-state index in [-0.39, 0.29) is 18.4 Å². The maximum Gasteiger partial charge on any atom is 0.252 e. The summed E-state index contributed by atoms with van der Waals surface area (Å²) in [4.78, 5) is 24.7. The maximum absolute atomic E-state index is 13.8. The molecule has 0 spiro atoms. The molecule has 0 bridgehead atoms. The van der Waals surface area contributed by atoms with E-state index in [4.69, 9.17) is 16.6 Å². The average molecular weight is 547 g/mol. The van der Waals surface area contributed by atoms with Crippen LogP contribution in [0.4, 0.5) is 5.13 Å². The number of thiophene rings is 1. The molecule has 0 unspecified atom stereocenters. The monoisotopic (exact) mass is 546 g/mol. The van der Waals surface area contributed by atoms with E-state index in [1.807, 2.05) is 37.3 Å². The van der Waals surface area contributed by atoms with Crippen LogP contribution in [0, 0.1) is 12.8 Å². The first-order chi connectivity index (χ1) is 16.8. The number of aromatic nitrogens is 2. The van der Waals surface area contributed by atoms with Crippen LogP contribution < -0.4 is 4.90 Å². The summed E-state index contributed by atoms with van der Waals surface area (Å²) in [6.45, 7) is 2.86. The Bertz CT molecular complexity index is 1410. The minimum atomic E-state index is -3.52. The van der Waals surface area contributed by atoms with Crippen LogP contribution in [0.2, 0.25) is 5.02 Å². The van der Waals surface area contributed by atoms with E-state index in [0.717, 1.165) is 21.5 Å². The highest BCUT2D eigenvalue weighted by atomic mass is 35.5. The van der Waals surface area contributed by atoms with E-state index in [9.17, 15) is 13.2 Å². The fourth-order valence-corrected chi connectivity index (χ4v) is 8.14. The molecule has 1 aliphatic rings. The summed E-state index contributed by atoms with van der Waals surface area (Å²) >= 11 is 9.03. The molecule has 7 nitrogen and oxygen atoms in total. The highest BCUT2D eigenvalue weighted by molar-refractivity contribution is 7.91. The fraction of sp³-hybridized carbons (Fsp3) is 0.292. The second-order valence-corrected chi connectivity index (χ2v) is 12.9. The van der Waals surface area contributed by atoms with E-state index in [2.05, 4.69) is 4.98 Å². The van der Waals surface area contributed by atoms with Gasteiger partial charge in [-0.2, -0.15) is 4.31 Å². The third-order valence-electron chi connectivity index (χ3n) is 6.12. The van der Waals surface area contributed by atoms with Gasteiger partial charge in [0.15, 0.2) is 5.13 Å². The zero-order valence-corrected chi connectivity index (χ0v) is 22.1. The van der Waals surface area contributed by atoms with Gasteiger partial charge in [0.2, 0.25) is 5.91 Å². The number of fused-ring (bicyclic) bond motifs is 1. The molecule has 5 rings (SSSR count). The molecule has 1 aromatic carbocycles. The molecule has 0 aliphatic carbocycles. The van der Waals surface area contributed by atoms with E-state index in [1.165, 1.54) is 27.0 Å². The normalized spacial score (nSPS) is 15.5. The second kappa shape index (κ2) is 9.94. The summed E-state index contributed by atoms with van der Waals surface area (Å²) in [5.74, 6) is -0.381. The van der Waals surface area contributed by atoms with E-state index < -0.39 is 10.0 Å². The van der Waals surface area contributed by atoms with E-state index in [0.29, 0.717) is 40.3 Å². The smallest absolute Gasteiger partial charge is 0.252 e. The van der Waals surface area contributed by atoms with Crippen molar-refractivity contribution in [3.05, 3.63) is 70.3 Å². The van der Waals surface area contributed by atoms with Crippen molar-refractivity contribution < 1.29 is 13.2 Å². The number of aryl methyl sites for hydroxylation is 1. The molecule has 11 heteroatoms. The quantitative estimate of drug-likeness (QED) is 0.325. The number of anilines is 1. The number of carbonyl (C=O) groups excluding carboxylic acids is 1. The Morgan fingerprint density at radius 1 is 1.17 bits per heavy atom. The third-order valence-corrected chi connectivity index (χ3v) is 10.9. The molecule has 1 amide bonds. The summed E-state index contributed by atoms with van der Waals surface area (Å²) in [5, 5.41) is 2.93. The molecule has 0 radical (unpaired) electrons. The molecule has 35 heavy (non-hydrogen) atoms. The van der Waals surface area contributed by atoms with Crippen molar-refractivity contribution in [1.82, 2.24) is 14.3 Å². The molecule has 182 valence electrons. The Balaban J connectivity index is 1.41. The Morgan fingerprint density at radius 2 is 1.97 bits per heavy atom. The van der Waals surface area contributed by atoms with Crippen LogP contribution in [0.25, 0.3) is 10.2 Å². The number of hydrogen-bond donors (Lipinski definition) is 0. The third kappa shape index (κ3) is 4.85. The van der Waals surface area contributed by atoms with Gasteiger partial charge in [-0.05, 0) is 55.0 Å². The molecule has 1 aliphatic heterocycles. The largest absolute Gasteiger partial charge is 0.282 e. The van der Waals surface area contributed by atoms with Gasteiger partial charge < -0.3 is 0 Å². The summed E-state index contributed by atoms with van der Waals surface area (Å²) in [6, 6.07) is 12.7. The summed E-state index contributed by atoms with van der Waals surface area (Å²) in [7, 11) is -3.52. The number of thiazole rings is 1. The Morgan fingerprint density at radius 3 is 2.63 bits per heavy atom. The van der Waals surface area contributed by atoms with Gasteiger partial charge in [0, 0.05) is 25.2 Å². The number of amides is 1. The van der Waals surface area contributed by atoms with Crippen molar-refractivity contribution in [2.45, 2.75) is 30.5 Å². The van der Waals surface area contributed by atoms with Crippen LogP contribution >= 0.6 is 34.3 Å². The predicted molar refractivity (Wildman–Crippen MR) is 141 cm³/mol. The molecule has 1 saturated heterocycles. The van der Waals surface area contributed by atoms with Gasteiger partial charge in [-0.1, -0.05) is 41.1 Å². The van der Waals surface area contributed by atoms with Crippen LogP contribution in [0.15, 0.2) is 58.3 Å². The van der Waals surface area contributed by atoms with Gasteiger partial charge in [0.25, 0.3) is 10.0 Å². The first kappa shape index (κ1) is 24.3. The van der Waals surface area contributed by atoms with Crippen LogP contribution in [-0.2, 0) is 21.4 Å². The lowest BCUT2D eigenvalue weighted by molar-refractivity contribution is -0.123. The number of piperidine rings is 1. The van der Waals surface area contributed by atoms with Crippen molar-refractivity contribution >= 4 is 65.6 Å². The molecule has 4 heterocycles. The van der Waals surface area contributed by atoms with Crippen molar-refractivity contribution in [3.63, 3.8) is 0 Å². The summed E-state index contributed by atoms with van der Waals surface area (Å²) in [6.07, 6.45) is 2.60. The minimum absolute atomic E-state index is 0.0725. The predicted octanol–water partition coefficient (Wildman–Crippen LogP) is 5.35. The summed E-state index contributed by atoms with van der Waals surface area (Å²) in [5.41, 5.74) is 2.53. The van der Waals surface area contributed by atoms with Gasteiger partial charge in [-0.15, -0.1) is 11.3 Å². The molecule has 0 N–H and O–H groups in total. The molecule has 3 aromatic heterocycles. The zero-order valence-electron chi connectivity index (χ0n) is 18.9. The Kier molecular flexibility index (Phi) is 6.91. The SMILES string of the molecule is Cc1ccc(Cl)c2sc(N(Cc3ccccn3)C(=O)C3CCN(S(=O)(=O)c4cccs4)CC3)nc12. The number of nitrogens with zero attached hydrogens (tertiary/aromatic N) is 4. The van der Waals surface area contributed by atoms with Crippen molar-refractivity contribution in [2.24, 2.45) is 5.92 Å². The lowest BCUT2D eigenvalue weighted by Crippen LogP contribution is -2.44. The van der Waals surface area contributed by atoms with E-state index in [1.54, 1.807) is 28.6 Å². The Hall–Kier alpha value is -2.37. The minimum Gasteiger partial charge on any atom is -0.282 e. The molecule has 1 fully saturated rings. The molecule has 4 aromatic rings. The van der Waals surface area contributed by atoms with Gasteiger partial charge in [0.1, 0.15) is 4.21 Å². The molecular weight excluding hydrogens is 524 g/mol. The number of rotatable bonds is 6. The van der Waals surface area contributed by atoms with Crippen molar-refractivity contribution in [3.8, 4) is 0 Å². The fourth-order valence-electron chi connectivity index (χ4n) is 4.20. The number of pyridine rings is 1. The maximum atomic E-state index is 13.8. The van der Waals surface area contributed by atoms with Gasteiger partial charge in [-0.3, -0.25) is 14.7 Å². The standard InChI is InChI=1S/C24H23ClN4O3S3/c1-16-7-8-19(25)22-21(16)27-24(34-22)29(15-18-5-2-3-11-26-18)23(30)17-9-12-28(13-10-17)35(31,32)20-6-4-14-33-20/h2-8,11,14,17H,9-10,12-13,15H2,1H3. The lowest BCUT2D eigenvalue weighted by Gasteiger charge is -2.32. The average Bonchev–Trinajstić information content (AvgIpc) is 3.57. The highest BCUT2D eigenvalue weighted by Gasteiger charge is 2.35. The van der Waals surface area contributed by atoms with E-state index >= 15 is 0 Å². The number of hydrogen-bond acceptors (Lipinski definition) is 7. The van der Waals surface area contributed by atoms with Crippen LogP contribution in [0.3, 0.4) is 0 Å². The van der Waals surface area contributed by atoms with Crippen LogP contribution in [0.1, 0.15) is 24.1 Å². The zero-order chi connectivity index (χ0) is 24.6. The number of halogens is 1. The topological polar surface area (TPSA) is 83.5 Å². The van der Waals surface area contributed by atoms with Crippen molar-refractivity contribution in [1.29, 1.82) is 0 Å². The first-order valence-electron chi connectivity index (χ1n) is 11.1. The number of sulfonamides is 1. The van der Waals surface area contributed by atoms with Gasteiger partial charge in [-0.25, -0.2) is 13.4 Å². The number of benzene rings is 1. The Labute approximate surface area is 217 Å². The van der Waals surface area contributed by atoms with Gasteiger partial charge >= 0.3 is 0 Å². The van der Waals surface area contributed by atoms with Crippen molar-refractivity contribution in [2.75, 3.05) is 18.0 Å². The molecular formula is C24H23ClN4O3S3. The lowest BCUT2D eigenvalue weighted by atomic mass is 9.96. The van der Waals surface area contributed by atoms with Crippen LogP contribution in [-0.4, -0.2) is 41.7 Å². The van der Waals surface area contributed by atoms with Crippen LogP contribution in [0.5, 0.6) is 0 Å². The molecule has 0 saturated carbocycles.